The third-order valence-corrected chi connectivity index (χ3v) is 1.87. The fourth-order valence-electron chi connectivity index (χ4n) is 1.16. The summed E-state index contributed by atoms with van der Waals surface area (Å²) in [6, 6.07) is 0. The van der Waals surface area contributed by atoms with Crippen molar-refractivity contribution in [1.29, 1.82) is 0 Å². The lowest BCUT2D eigenvalue weighted by Gasteiger charge is -1.99. The summed E-state index contributed by atoms with van der Waals surface area (Å²) < 4.78 is 4.59. The molecule has 0 aliphatic heterocycles. The van der Waals surface area contributed by atoms with Gasteiger partial charge in [-0.25, -0.2) is 4.79 Å². The Morgan fingerprint density at radius 3 is 2.47 bits per heavy atom. The lowest BCUT2D eigenvalue weighted by atomic mass is 10.1. The minimum absolute atomic E-state index is 0.291. The van der Waals surface area contributed by atoms with Gasteiger partial charge in [0.15, 0.2) is 0 Å². The number of ether oxygens (including phenoxy) is 1. The van der Waals surface area contributed by atoms with Crippen molar-refractivity contribution in [2.75, 3.05) is 7.11 Å². The Kier molecular flexibility index (Phi) is 7.33. The van der Waals surface area contributed by atoms with E-state index in [4.69, 9.17) is 0 Å². The molecule has 0 bridgehead atoms. The lowest BCUT2D eigenvalue weighted by Crippen LogP contribution is -1.96. The van der Waals surface area contributed by atoms with Crippen molar-refractivity contribution in [1.82, 2.24) is 0 Å². The van der Waals surface area contributed by atoms with Gasteiger partial charge in [-0.15, -0.1) is 0 Å². The molecular formula is C13H20O2. The first kappa shape index (κ1) is 13.7. The summed E-state index contributed by atoms with van der Waals surface area (Å²) in [6.45, 7) is 6.07. The van der Waals surface area contributed by atoms with E-state index in [0.717, 1.165) is 18.4 Å². The molecule has 0 saturated carbocycles. The zero-order valence-corrected chi connectivity index (χ0v) is 10.0. The van der Waals surface area contributed by atoms with Crippen molar-refractivity contribution in [3.05, 3.63) is 35.5 Å². The minimum atomic E-state index is -0.291. The largest absolute Gasteiger partial charge is 0.466 e. The Labute approximate surface area is 92.3 Å². The van der Waals surface area contributed by atoms with E-state index in [0.29, 0.717) is 0 Å². The molecular weight excluding hydrogens is 188 g/mol. The van der Waals surface area contributed by atoms with Gasteiger partial charge in [0.05, 0.1) is 7.11 Å². The first-order chi connectivity index (χ1) is 7.10. The summed E-state index contributed by atoms with van der Waals surface area (Å²) in [6.07, 6.45) is 9.39. The second-order valence-corrected chi connectivity index (χ2v) is 3.56. The zero-order chi connectivity index (χ0) is 11.7. The molecule has 0 rings (SSSR count). The summed E-state index contributed by atoms with van der Waals surface area (Å²) in [7, 11) is 1.39. The first-order valence-corrected chi connectivity index (χ1v) is 5.14. The maximum Gasteiger partial charge on any atom is 0.330 e. The van der Waals surface area contributed by atoms with E-state index in [1.165, 1.54) is 12.7 Å². The summed E-state index contributed by atoms with van der Waals surface area (Å²) in [5, 5.41) is 0. The smallest absolute Gasteiger partial charge is 0.330 e. The normalized spacial score (nSPS) is 11.6. The summed E-state index contributed by atoms with van der Waals surface area (Å²) in [5.74, 6) is -0.291. The van der Waals surface area contributed by atoms with Gasteiger partial charge in [-0.3, -0.25) is 0 Å². The Morgan fingerprint density at radius 2 is 2.00 bits per heavy atom. The van der Waals surface area contributed by atoms with Crippen molar-refractivity contribution in [3.63, 3.8) is 0 Å². The van der Waals surface area contributed by atoms with Crippen molar-refractivity contribution in [3.8, 4) is 0 Å². The highest BCUT2D eigenvalue weighted by molar-refractivity contribution is 5.83. The van der Waals surface area contributed by atoms with Crippen molar-refractivity contribution >= 4 is 5.97 Å². The van der Waals surface area contributed by atoms with Crippen LogP contribution < -0.4 is 0 Å². The third kappa shape index (κ3) is 7.74. The van der Waals surface area contributed by atoms with Crippen molar-refractivity contribution in [2.24, 2.45) is 0 Å². The van der Waals surface area contributed by atoms with Crippen LogP contribution in [0.2, 0.25) is 0 Å². The highest BCUT2D eigenvalue weighted by Crippen LogP contribution is 2.09. The molecule has 2 heteroatoms. The highest BCUT2D eigenvalue weighted by Gasteiger charge is 1.97. The first-order valence-electron chi connectivity index (χ1n) is 5.14. The van der Waals surface area contributed by atoms with Gasteiger partial charge in [0.1, 0.15) is 0 Å². The number of hydrogen-bond donors (Lipinski definition) is 0. The molecule has 0 radical (unpaired) electrons. The number of methoxy groups -OCH3 is 1. The molecule has 0 amide bonds. The molecule has 0 atom stereocenters. The van der Waals surface area contributed by atoms with Crippen LogP contribution in [0.25, 0.3) is 0 Å². The Balaban J connectivity index is 4.35. The van der Waals surface area contributed by atoms with E-state index in [2.05, 4.69) is 24.7 Å². The number of carbonyl (C=O) groups is 1. The summed E-state index contributed by atoms with van der Waals surface area (Å²) in [4.78, 5) is 11.0. The van der Waals surface area contributed by atoms with Crippen LogP contribution in [0.5, 0.6) is 0 Å². The number of esters is 1. The quantitative estimate of drug-likeness (QED) is 0.299. The van der Waals surface area contributed by atoms with E-state index >= 15 is 0 Å². The van der Waals surface area contributed by atoms with Crippen molar-refractivity contribution < 1.29 is 9.53 Å². The van der Waals surface area contributed by atoms with Crippen LogP contribution in [-0.2, 0) is 9.53 Å². The minimum Gasteiger partial charge on any atom is -0.466 e. The van der Waals surface area contributed by atoms with E-state index < -0.39 is 0 Å². The molecule has 84 valence electrons. The van der Waals surface area contributed by atoms with Gasteiger partial charge in [-0.1, -0.05) is 23.8 Å². The molecule has 0 saturated heterocycles. The van der Waals surface area contributed by atoms with Crippen LogP contribution >= 0.6 is 0 Å². The van der Waals surface area contributed by atoms with E-state index in [1.807, 2.05) is 19.1 Å². The third-order valence-electron chi connectivity index (χ3n) is 1.87. The molecule has 0 spiro atoms. The molecule has 0 heterocycles. The second-order valence-electron chi connectivity index (χ2n) is 3.56. The Bertz CT molecular complexity index is 279. The highest BCUT2D eigenvalue weighted by atomic mass is 16.5. The van der Waals surface area contributed by atoms with Crippen LogP contribution in [-0.4, -0.2) is 13.1 Å². The van der Waals surface area contributed by atoms with E-state index in [-0.39, 0.29) is 5.97 Å². The fourth-order valence-corrected chi connectivity index (χ4v) is 1.16. The predicted molar refractivity (Wildman–Crippen MR) is 63.6 cm³/mol. The molecule has 0 aromatic rings. The predicted octanol–water partition coefficient (Wildman–Crippen LogP) is 3.41. The Morgan fingerprint density at radius 1 is 1.33 bits per heavy atom. The van der Waals surface area contributed by atoms with Crippen LogP contribution in [0, 0.1) is 0 Å². The molecule has 0 aromatic heterocycles. The van der Waals surface area contributed by atoms with Gasteiger partial charge >= 0.3 is 5.97 Å². The average Bonchev–Trinajstić information content (AvgIpc) is 2.17. The maximum atomic E-state index is 11.0. The van der Waals surface area contributed by atoms with Gasteiger partial charge in [0, 0.05) is 6.08 Å². The summed E-state index contributed by atoms with van der Waals surface area (Å²) in [5.41, 5.74) is 2.30. The molecule has 0 N–H and O–H groups in total. The zero-order valence-electron chi connectivity index (χ0n) is 10.0. The SMILES string of the molecule is C/C=C/C(=C\C(=O)OC)CCC=C(C)C. The van der Waals surface area contributed by atoms with Gasteiger partial charge in [0.25, 0.3) is 0 Å². The van der Waals surface area contributed by atoms with E-state index in [9.17, 15) is 4.79 Å². The topological polar surface area (TPSA) is 26.3 Å². The Hall–Kier alpha value is -1.31. The van der Waals surface area contributed by atoms with Gasteiger partial charge in [-0.2, -0.15) is 0 Å². The van der Waals surface area contributed by atoms with Crippen LogP contribution in [0.3, 0.4) is 0 Å². The van der Waals surface area contributed by atoms with Crippen LogP contribution in [0.1, 0.15) is 33.6 Å². The van der Waals surface area contributed by atoms with Crippen molar-refractivity contribution in [2.45, 2.75) is 33.6 Å². The number of rotatable bonds is 5. The number of allylic oxidation sites excluding steroid dienone is 5. The molecule has 2 nitrogen and oxygen atoms in total. The number of carbonyl (C=O) groups excluding carboxylic acids is 1. The van der Waals surface area contributed by atoms with Gasteiger partial charge < -0.3 is 4.74 Å². The molecule has 0 unspecified atom stereocenters. The summed E-state index contributed by atoms with van der Waals surface area (Å²) >= 11 is 0. The second kappa shape index (κ2) is 8.04. The molecule has 0 fully saturated rings. The van der Waals surface area contributed by atoms with Crippen LogP contribution in [0.15, 0.2) is 35.5 Å². The fraction of sp³-hybridized carbons (Fsp3) is 0.462. The molecule has 15 heavy (non-hydrogen) atoms. The lowest BCUT2D eigenvalue weighted by molar-refractivity contribution is -0.134. The average molecular weight is 208 g/mol. The molecule has 0 aliphatic rings. The van der Waals surface area contributed by atoms with Gasteiger partial charge in [-0.05, 0) is 39.2 Å². The molecule has 0 aromatic carbocycles. The maximum absolute atomic E-state index is 11.0. The molecule has 0 aliphatic carbocycles. The number of hydrogen-bond acceptors (Lipinski definition) is 2. The monoisotopic (exact) mass is 208 g/mol. The standard InChI is InChI=1S/C13H20O2/c1-5-7-12(10-13(14)15-4)9-6-8-11(2)3/h5,7-8,10H,6,9H2,1-4H3/b7-5+,12-10+. The van der Waals surface area contributed by atoms with E-state index in [1.54, 1.807) is 6.08 Å². The van der Waals surface area contributed by atoms with Gasteiger partial charge in [0.2, 0.25) is 0 Å². The van der Waals surface area contributed by atoms with Crippen LogP contribution in [0.4, 0.5) is 0 Å².